The fraction of sp³-hybridized carbons (Fsp3) is 0.444. The number of hydrogen-bond acceptors (Lipinski definition) is 4. The highest BCUT2D eigenvalue weighted by Crippen LogP contribution is 2.28. The van der Waals surface area contributed by atoms with Crippen molar-refractivity contribution < 1.29 is 13.2 Å². The van der Waals surface area contributed by atoms with Crippen LogP contribution in [0, 0.1) is 0 Å². The second-order valence-electron chi connectivity index (χ2n) is 5.97. The van der Waals surface area contributed by atoms with Crippen LogP contribution >= 0.6 is 11.3 Å². The van der Waals surface area contributed by atoms with Gasteiger partial charge in [0.1, 0.15) is 4.21 Å². The molecule has 0 bridgehead atoms. The van der Waals surface area contributed by atoms with E-state index in [2.05, 4.69) is 0 Å². The van der Waals surface area contributed by atoms with Crippen molar-refractivity contribution in [3.63, 3.8) is 0 Å². The number of piperidine rings is 1. The van der Waals surface area contributed by atoms with Crippen LogP contribution in [0.15, 0.2) is 46.7 Å². The first-order valence-electron chi connectivity index (χ1n) is 8.34. The molecule has 0 unspecified atom stereocenters. The van der Waals surface area contributed by atoms with E-state index in [1.165, 1.54) is 11.3 Å². The Morgan fingerprint density at radius 2 is 1.83 bits per heavy atom. The summed E-state index contributed by atoms with van der Waals surface area (Å²) in [7, 11) is -3.35. The molecule has 1 aliphatic heterocycles. The number of benzene rings is 1. The fourth-order valence-electron chi connectivity index (χ4n) is 2.84. The van der Waals surface area contributed by atoms with E-state index in [1.807, 2.05) is 43.3 Å². The molecule has 2 heterocycles. The third-order valence-corrected chi connectivity index (χ3v) is 7.90. The van der Waals surface area contributed by atoms with Gasteiger partial charge in [0.15, 0.2) is 0 Å². The highest BCUT2D eigenvalue weighted by Gasteiger charge is 2.30. The van der Waals surface area contributed by atoms with Gasteiger partial charge in [-0.25, -0.2) is 8.42 Å². The van der Waals surface area contributed by atoms with Gasteiger partial charge < -0.3 is 4.74 Å². The van der Waals surface area contributed by atoms with Gasteiger partial charge in [0, 0.05) is 18.0 Å². The van der Waals surface area contributed by atoms with Crippen LogP contribution in [-0.2, 0) is 27.8 Å². The molecule has 2 aromatic rings. The van der Waals surface area contributed by atoms with Crippen LogP contribution in [0.2, 0.25) is 0 Å². The van der Waals surface area contributed by atoms with Crippen molar-refractivity contribution in [2.24, 2.45) is 0 Å². The van der Waals surface area contributed by atoms with E-state index in [1.54, 1.807) is 10.4 Å². The molecule has 1 saturated heterocycles. The van der Waals surface area contributed by atoms with E-state index < -0.39 is 10.0 Å². The van der Waals surface area contributed by atoms with Gasteiger partial charge in [0.25, 0.3) is 10.0 Å². The summed E-state index contributed by atoms with van der Waals surface area (Å²) in [4.78, 5) is 1.11. The Labute approximate surface area is 148 Å². The first-order chi connectivity index (χ1) is 11.6. The minimum absolute atomic E-state index is 0.131. The number of nitrogens with zero attached hydrogens (tertiary/aromatic N) is 1. The van der Waals surface area contributed by atoms with Crippen LogP contribution in [0.5, 0.6) is 0 Å². The molecule has 4 nitrogen and oxygen atoms in total. The van der Waals surface area contributed by atoms with Gasteiger partial charge >= 0.3 is 0 Å². The molecule has 0 saturated carbocycles. The number of sulfonamides is 1. The molecule has 0 amide bonds. The molecule has 0 N–H and O–H groups in total. The maximum Gasteiger partial charge on any atom is 0.252 e. The SMILES string of the molecule is CCc1ccc(S(=O)(=O)N2CCC(OCc3ccccc3)CC2)s1. The quantitative estimate of drug-likeness (QED) is 0.784. The van der Waals surface area contributed by atoms with Gasteiger partial charge in [0.05, 0.1) is 12.7 Å². The van der Waals surface area contributed by atoms with Crippen LogP contribution in [0.4, 0.5) is 0 Å². The van der Waals surface area contributed by atoms with Crippen molar-refractivity contribution in [3.05, 3.63) is 52.9 Å². The molecule has 1 aromatic carbocycles. The zero-order valence-corrected chi connectivity index (χ0v) is 15.5. The molecule has 130 valence electrons. The summed E-state index contributed by atoms with van der Waals surface area (Å²) < 4.78 is 33.4. The molecule has 0 radical (unpaired) electrons. The smallest absolute Gasteiger partial charge is 0.252 e. The number of hydrogen-bond donors (Lipinski definition) is 0. The number of ether oxygens (including phenoxy) is 1. The predicted molar refractivity (Wildman–Crippen MR) is 96.7 cm³/mol. The summed E-state index contributed by atoms with van der Waals surface area (Å²) in [5.41, 5.74) is 1.15. The van der Waals surface area contributed by atoms with E-state index in [0.29, 0.717) is 23.9 Å². The molecule has 0 aliphatic carbocycles. The lowest BCUT2D eigenvalue weighted by Crippen LogP contribution is -2.40. The zero-order chi connectivity index (χ0) is 17.0. The van der Waals surface area contributed by atoms with Crippen LogP contribution in [0.3, 0.4) is 0 Å². The Hall–Kier alpha value is -1.21. The molecule has 1 aliphatic rings. The molecule has 6 heteroatoms. The minimum Gasteiger partial charge on any atom is -0.373 e. The number of aryl methyl sites for hydroxylation is 1. The number of rotatable bonds is 6. The van der Waals surface area contributed by atoms with Gasteiger partial charge in [-0.3, -0.25) is 0 Å². The summed E-state index contributed by atoms with van der Waals surface area (Å²) in [6.45, 7) is 3.68. The average Bonchev–Trinajstić information content (AvgIpc) is 3.11. The predicted octanol–water partition coefficient (Wildman–Crippen LogP) is 3.68. The fourth-order valence-corrected chi connectivity index (χ4v) is 5.76. The largest absolute Gasteiger partial charge is 0.373 e. The van der Waals surface area contributed by atoms with Crippen molar-refractivity contribution in [2.75, 3.05) is 13.1 Å². The molecule has 0 atom stereocenters. The van der Waals surface area contributed by atoms with Gasteiger partial charge in [0.2, 0.25) is 0 Å². The molecule has 24 heavy (non-hydrogen) atoms. The maximum absolute atomic E-state index is 12.7. The summed E-state index contributed by atoms with van der Waals surface area (Å²) in [6.07, 6.45) is 2.50. The van der Waals surface area contributed by atoms with Gasteiger partial charge in [-0.15, -0.1) is 11.3 Å². The Morgan fingerprint density at radius 1 is 1.12 bits per heavy atom. The molecule has 0 spiro atoms. The minimum atomic E-state index is -3.35. The van der Waals surface area contributed by atoms with Crippen LogP contribution in [0.25, 0.3) is 0 Å². The second-order valence-corrected chi connectivity index (χ2v) is 9.31. The standard InChI is InChI=1S/C18H23NO3S2/c1-2-17-8-9-18(23-17)24(20,21)19-12-10-16(11-13-19)22-14-15-6-4-3-5-7-15/h3-9,16H,2,10-14H2,1H3. The normalized spacial score (nSPS) is 17.2. The molecule has 1 aromatic heterocycles. The first-order valence-corrected chi connectivity index (χ1v) is 10.6. The summed E-state index contributed by atoms with van der Waals surface area (Å²) in [5.74, 6) is 0. The lowest BCUT2D eigenvalue weighted by molar-refractivity contribution is 0.0102. The van der Waals surface area contributed by atoms with Gasteiger partial charge in [-0.1, -0.05) is 37.3 Å². The van der Waals surface area contributed by atoms with Crippen molar-refractivity contribution in [1.82, 2.24) is 4.31 Å². The van der Waals surface area contributed by atoms with Gasteiger partial charge in [-0.05, 0) is 37.0 Å². The maximum atomic E-state index is 12.7. The Morgan fingerprint density at radius 3 is 2.46 bits per heavy atom. The van der Waals surface area contributed by atoms with E-state index in [-0.39, 0.29) is 6.10 Å². The summed E-state index contributed by atoms with van der Waals surface area (Å²) in [5, 5.41) is 0. The van der Waals surface area contributed by atoms with Gasteiger partial charge in [-0.2, -0.15) is 4.31 Å². The Bertz CT molecular complexity index is 748. The lowest BCUT2D eigenvalue weighted by Gasteiger charge is -2.30. The third kappa shape index (κ3) is 4.06. The Kier molecular flexibility index (Phi) is 5.71. The van der Waals surface area contributed by atoms with E-state index in [0.717, 1.165) is 29.7 Å². The monoisotopic (exact) mass is 365 g/mol. The molecular formula is C18H23NO3S2. The lowest BCUT2D eigenvalue weighted by atomic mass is 10.1. The van der Waals surface area contributed by atoms with E-state index in [9.17, 15) is 8.42 Å². The van der Waals surface area contributed by atoms with Crippen LogP contribution in [-0.4, -0.2) is 31.9 Å². The van der Waals surface area contributed by atoms with Crippen LogP contribution in [0.1, 0.15) is 30.2 Å². The second kappa shape index (κ2) is 7.78. The zero-order valence-electron chi connectivity index (χ0n) is 13.8. The highest BCUT2D eigenvalue weighted by atomic mass is 32.2. The van der Waals surface area contributed by atoms with Crippen molar-refractivity contribution in [3.8, 4) is 0 Å². The third-order valence-electron chi connectivity index (χ3n) is 4.31. The van der Waals surface area contributed by atoms with Crippen molar-refractivity contribution in [2.45, 2.75) is 43.1 Å². The Balaban J connectivity index is 1.54. The van der Waals surface area contributed by atoms with Crippen LogP contribution < -0.4 is 0 Å². The summed E-state index contributed by atoms with van der Waals surface area (Å²) in [6, 6.07) is 13.7. The average molecular weight is 366 g/mol. The molecular weight excluding hydrogens is 342 g/mol. The topological polar surface area (TPSA) is 46.6 Å². The molecule has 3 rings (SSSR count). The van der Waals surface area contributed by atoms with E-state index in [4.69, 9.17) is 4.74 Å². The van der Waals surface area contributed by atoms with Crippen molar-refractivity contribution in [1.29, 1.82) is 0 Å². The highest BCUT2D eigenvalue weighted by molar-refractivity contribution is 7.91. The molecule has 1 fully saturated rings. The number of thiophene rings is 1. The first kappa shape index (κ1) is 17.6. The van der Waals surface area contributed by atoms with Crippen molar-refractivity contribution >= 4 is 21.4 Å². The van der Waals surface area contributed by atoms with E-state index >= 15 is 0 Å². The summed E-state index contributed by atoms with van der Waals surface area (Å²) >= 11 is 1.38.